The van der Waals surface area contributed by atoms with Crippen LogP contribution in [0.2, 0.25) is 0 Å². The second-order valence-corrected chi connectivity index (χ2v) is 6.09. The number of aryl methyl sites for hydroxylation is 1. The second-order valence-electron chi connectivity index (χ2n) is 6.09. The fraction of sp³-hybridized carbons (Fsp3) is 0.412. The van der Waals surface area contributed by atoms with E-state index in [0.717, 1.165) is 28.4 Å². The van der Waals surface area contributed by atoms with Gasteiger partial charge in [0.2, 0.25) is 0 Å². The summed E-state index contributed by atoms with van der Waals surface area (Å²) in [4.78, 5) is 13.3. The van der Waals surface area contributed by atoms with Crippen LogP contribution in [0.15, 0.2) is 30.7 Å². The minimum atomic E-state index is -0.0293. The average Bonchev–Trinajstić information content (AvgIpc) is 2.95. The molecule has 0 radical (unpaired) electrons. The van der Waals surface area contributed by atoms with Crippen molar-refractivity contribution >= 4 is 16.9 Å². The maximum absolute atomic E-state index is 5.84. The Labute approximate surface area is 141 Å². The van der Waals surface area contributed by atoms with Crippen LogP contribution < -0.4 is 10.1 Å². The van der Waals surface area contributed by atoms with Gasteiger partial charge in [0.1, 0.15) is 23.5 Å². The van der Waals surface area contributed by atoms with E-state index in [0.29, 0.717) is 6.54 Å². The first kappa shape index (κ1) is 16.2. The third-order valence-corrected chi connectivity index (χ3v) is 3.65. The van der Waals surface area contributed by atoms with E-state index in [2.05, 4.69) is 39.2 Å². The minimum Gasteiger partial charge on any atom is -0.487 e. The average molecular weight is 326 g/mol. The molecular weight excluding hydrogens is 304 g/mol. The molecule has 0 aliphatic heterocycles. The molecule has 3 aromatic rings. The maximum Gasteiger partial charge on any atom is 0.163 e. The molecule has 0 fully saturated rings. The van der Waals surface area contributed by atoms with Crippen molar-refractivity contribution in [3.63, 3.8) is 0 Å². The zero-order valence-electron chi connectivity index (χ0n) is 14.4. The van der Waals surface area contributed by atoms with Gasteiger partial charge in [0, 0.05) is 19.2 Å². The monoisotopic (exact) mass is 326 g/mol. The Morgan fingerprint density at radius 1 is 1.21 bits per heavy atom. The SMILES string of the molecule is CC(C)c1nc(NC[C@H](C)Oc2cccnc2)c2cnn(C)c2n1. The summed E-state index contributed by atoms with van der Waals surface area (Å²) in [6, 6.07) is 3.75. The number of pyridine rings is 1. The van der Waals surface area contributed by atoms with Crippen LogP contribution in [0.1, 0.15) is 32.5 Å². The van der Waals surface area contributed by atoms with E-state index in [1.165, 1.54) is 0 Å². The van der Waals surface area contributed by atoms with Crippen molar-refractivity contribution in [1.82, 2.24) is 24.7 Å². The Hall–Kier alpha value is -2.70. The number of nitrogens with zero attached hydrogens (tertiary/aromatic N) is 5. The predicted octanol–water partition coefficient (Wildman–Crippen LogP) is 2.76. The molecular formula is C17H22N6O. The van der Waals surface area contributed by atoms with Gasteiger partial charge in [-0.3, -0.25) is 9.67 Å². The van der Waals surface area contributed by atoms with Gasteiger partial charge in [0.15, 0.2) is 5.65 Å². The van der Waals surface area contributed by atoms with Crippen LogP contribution in [0.25, 0.3) is 11.0 Å². The maximum atomic E-state index is 5.84. The lowest BCUT2D eigenvalue weighted by atomic mass is 10.2. The standard InChI is InChI=1S/C17H22N6O/c1-11(2)15-21-16(14-10-20-23(4)17(14)22-15)19-8-12(3)24-13-6-5-7-18-9-13/h5-7,9-12H,8H2,1-4H3,(H,19,21,22)/t12-/m0/s1. The van der Waals surface area contributed by atoms with Crippen LogP contribution in [0.4, 0.5) is 5.82 Å². The van der Waals surface area contributed by atoms with Gasteiger partial charge >= 0.3 is 0 Å². The topological polar surface area (TPSA) is 77.8 Å². The number of anilines is 1. The third kappa shape index (κ3) is 3.45. The second kappa shape index (κ2) is 6.82. The van der Waals surface area contributed by atoms with Crippen LogP contribution in [0, 0.1) is 0 Å². The van der Waals surface area contributed by atoms with Gasteiger partial charge in [-0.15, -0.1) is 0 Å². The molecule has 3 rings (SSSR count). The molecule has 7 nitrogen and oxygen atoms in total. The molecule has 7 heteroatoms. The molecule has 0 unspecified atom stereocenters. The van der Waals surface area contributed by atoms with E-state index in [4.69, 9.17) is 4.74 Å². The summed E-state index contributed by atoms with van der Waals surface area (Å²) in [5.41, 5.74) is 0.831. The van der Waals surface area contributed by atoms with Gasteiger partial charge in [-0.2, -0.15) is 5.10 Å². The van der Waals surface area contributed by atoms with Crippen molar-refractivity contribution in [2.45, 2.75) is 32.8 Å². The first-order valence-electron chi connectivity index (χ1n) is 8.04. The highest BCUT2D eigenvalue weighted by Gasteiger charge is 2.14. The van der Waals surface area contributed by atoms with E-state index >= 15 is 0 Å². The van der Waals surface area contributed by atoms with E-state index < -0.39 is 0 Å². The molecule has 0 spiro atoms. The van der Waals surface area contributed by atoms with Crippen molar-refractivity contribution in [3.8, 4) is 5.75 Å². The highest BCUT2D eigenvalue weighted by molar-refractivity contribution is 5.86. The summed E-state index contributed by atoms with van der Waals surface area (Å²) in [5, 5.41) is 8.57. The van der Waals surface area contributed by atoms with E-state index in [9.17, 15) is 0 Å². The Bertz CT molecular complexity index is 815. The molecule has 24 heavy (non-hydrogen) atoms. The number of ether oxygens (including phenoxy) is 1. The predicted molar refractivity (Wildman–Crippen MR) is 93.2 cm³/mol. The fourth-order valence-corrected chi connectivity index (χ4v) is 2.36. The quantitative estimate of drug-likeness (QED) is 0.750. The Balaban J connectivity index is 1.77. The molecule has 0 saturated heterocycles. The lowest BCUT2D eigenvalue weighted by Crippen LogP contribution is -2.23. The van der Waals surface area contributed by atoms with Crippen molar-refractivity contribution in [2.24, 2.45) is 7.05 Å². The molecule has 1 N–H and O–H groups in total. The van der Waals surface area contributed by atoms with Gasteiger partial charge in [0.25, 0.3) is 0 Å². The van der Waals surface area contributed by atoms with Crippen molar-refractivity contribution < 1.29 is 4.74 Å². The van der Waals surface area contributed by atoms with Crippen molar-refractivity contribution in [3.05, 3.63) is 36.5 Å². The summed E-state index contributed by atoms with van der Waals surface area (Å²) < 4.78 is 7.61. The molecule has 0 bridgehead atoms. The molecule has 3 heterocycles. The summed E-state index contributed by atoms with van der Waals surface area (Å²) in [5.74, 6) is 2.59. The number of rotatable bonds is 6. The highest BCUT2D eigenvalue weighted by Crippen LogP contribution is 2.22. The Kier molecular flexibility index (Phi) is 4.59. The highest BCUT2D eigenvalue weighted by atomic mass is 16.5. The fourth-order valence-electron chi connectivity index (χ4n) is 2.36. The molecule has 0 aliphatic carbocycles. The van der Waals surface area contributed by atoms with Crippen LogP contribution in [-0.2, 0) is 7.05 Å². The number of fused-ring (bicyclic) bond motifs is 1. The lowest BCUT2D eigenvalue weighted by molar-refractivity contribution is 0.234. The van der Waals surface area contributed by atoms with E-state index in [-0.39, 0.29) is 12.0 Å². The molecule has 1 atom stereocenters. The van der Waals surface area contributed by atoms with Gasteiger partial charge in [0.05, 0.1) is 24.3 Å². The molecule has 0 amide bonds. The molecule has 0 aliphatic rings. The minimum absolute atomic E-state index is 0.0293. The summed E-state index contributed by atoms with van der Waals surface area (Å²) in [6.07, 6.45) is 5.19. The zero-order valence-corrected chi connectivity index (χ0v) is 14.4. The summed E-state index contributed by atoms with van der Waals surface area (Å²) in [6.45, 7) is 6.78. The van der Waals surface area contributed by atoms with Crippen LogP contribution in [0.3, 0.4) is 0 Å². The summed E-state index contributed by atoms with van der Waals surface area (Å²) in [7, 11) is 1.89. The largest absolute Gasteiger partial charge is 0.487 e. The molecule has 0 aromatic carbocycles. The first-order chi connectivity index (χ1) is 11.5. The van der Waals surface area contributed by atoms with Gasteiger partial charge < -0.3 is 10.1 Å². The van der Waals surface area contributed by atoms with Crippen LogP contribution in [0.5, 0.6) is 5.75 Å². The van der Waals surface area contributed by atoms with Gasteiger partial charge in [-0.25, -0.2) is 9.97 Å². The number of hydrogen-bond acceptors (Lipinski definition) is 6. The lowest BCUT2D eigenvalue weighted by Gasteiger charge is -2.16. The normalized spacial score (nSPS) is 12.5. The summed E-state index contributed by atoms with van der Waals surface area (Å²) >= 11 is 0. The Morgan fingerprint density at radius 2 is 2.04 bits per heavy atom. The third-order valence-electron chi connectivity index (χ3n) is 3.65. The number of aromatic nitrogens is 5. The smallest absolute Gasteiger partial charge is 0.163 e. The number of nitrogens with one attached hydrogen (secondary N) is 1. The van der Waals surface area contributed by atoms with E-state index in [1.54, 1.807) is 23.3 Å². The van der Waals surface area contributed by atoms with Crippen LogP contribution in [-0.4, -0.2) is 37.4 Å². The molecule has 0 saturated carbocycles. The molecule has 126 valence electrons. The van der Waals surface area contributed by atoms with Gasteiger partial charge in [-0.05, 0) is 19.1 Å². The van der Waals surface area contributed by atoms with Crippen molar-refractivity contribution in [2.75, 3.05) is 11.9 Å². The first-order valence-corrected chi connectivity index (χ1v) is 8.04. The van der Waals surface area contributed by atoms with Crippen molar-refractivity contribution in [1.29, 1.82) is 0 Å². The van der Waals surface area contributed by atoms with E-state index in [1.807, 2.05) is 26.1 Å². The van der Waals surface area contributed by atoms with Gasteiger partial charge in [-0.1, -0.05) is 13.8 Å². The molecule has 3 aromatic heterocycles. The van der Waals surface area contributed by atoms with Crippen LogP contribution >= 0.6 is 0 Å². The Morgan fingerprint density at radius 3 is 2.75 bits per heavy atom. The number of hydrogen-bond donors (Lipinski definition) is 1. The zero-order chi connectivity index (χ0) is 17.1.